The van der Waals surface area contributed by atoms with E-state index in [-0.39, 0.29) is 18.0 Å². The number of hydrogen-bond acceptors (Lipinski definition) is 3. The number of anilines is 1. The zero-order chi connectivity index (χ0) is 20.3. The predicted octanol–water partition coefficient (Wildman–Crippen LogP) is 3.28. The molecule has 3 rings (SSSR count). The largest absolute Gasteiger partial charge is 0.326 e. The number of hydrogen-bond donors (Lipinski definition) is 1. The second kappa shape index (κ2) is 8.32. The number of carbonyl (C=O) groups excluding carboxylic acids is 1. The number of nitrogens with one attached hydrogen (secondary N) is 1. The lowest BCUT2D eigenvalue weighted by molar-refractivity contribution is -0.120. The van der Waals surface area contributed by atoms with Crippen LogP contribution in [0.5, 0.6) is 0 Å². The molecular weight excluding hydrogens is 393 g/mol. The molecule has 1 saturated heterocycles. The average Bonchev–Trinajstić information content (AvgIpc) is 2.66. The van der Waals surface area contributed by atoms with Gasteiger partial charge in [0.15, 0.2) is 11.6 Å². The van der Waals surface area contributed by atoms with Crippen LogP contribution in [0, 0.1) is 23.4 Å². The first-order valence-corrected chi connectivity index (χ1v) is 10.3. The molecule has 1 aliphatic heterocycles. The minimum absolute atomic E-state index is 0.000954. The van der Waals surface area contributed by atoms with Crippen molar-refractivity contribution in [2.75, 3.05) is 18.4 Å². The molecule has 0 aliphatic carbocycles. The number of rotatable bonds is 5. The van der Waals surface area contributed by atoms with E-state index in [1.165, 1.54) is 34.6 Å². The topological polar surface area (TPSA) is 66.5 Å². The summed E-state index contributed by atoms with van der Waals surface area (Å²) in [6.45, 7) is 0.289. The highest BCUT2D eigenvalue weighted by atomic mass is 32.2. The Morgan fingerprint density at radius 3 is 2.46 bits per heavy atom. The summed E-state index contributed by atoms with van der Waals surface area (Å²) in [5, 5.41) is 2.50. The second-order valence-electron chi connectivity index (χ2n) is 6.70. The van der Waals surface area contributed by atoms with E-state index in [1.807, 2.05) is 0 Å². The molecule has 1 unspecified atom stereocenters. The molecule has 0 radical (unpaired) electrons. The van der Waals surface area contributed by atoms with E-state index in [2.05, 4.69) is 5.32 Å². The van der Waals surface area contributed by atoms with Crippen LogP contribution in [-0.4, -0.2) is 31.7 Å². The second-order valence-corrected chi connectivity index (χ2v) is 8.67. The van der Waals surface area contributed by atoms with Gasteiger partial charge in [-0.2, -0.15) is 0 Å². The van der Waals surface area contributed by atoms with E-state index in [9.17, 15) is 26.4 Å². The SMILES string of the molecule is O=C(Nc1ccc(F)c(F)c1)C1CCCN(S(=O)(=O)Cc2ccc(F)cc2)C1. The van der Waals surface area contributed by atoms with Gasteiger partial charge in [0.1, 0.15) is 5.82 Å². The van der Waals surface area contributed by atoms with E-state index < -0.39 is 39.3 Å². The number of benzene rings is 2. The molecule has 0 bridgehead atoms. The average molecular weight is 412 g/mol. The highest BCUT2D eigenvalue weighted by Gasteiger charge is 2.32. The molecule has 28 heavy (non-hydrogen) atoms. The number of halogens is 3. The molecule has 5 nitrogen and oxygen atoms in total. The monoisotopic (exact) mass is 412 g/mol. The van der Waals surface area contributed by atoms with Crippen molar-refractivity contribution in [1.29, 1.82) is 0 Å². The quantitative estimate of drug-likeness (QED) is 0.820. The van der Waals surface area contributed by atoms with Crippen molar-refractivity contribution < 1.29 is 26.4 Å². The van der Waals surface area contributed by atoms with Crippen molar-refractivity contribution in [2.45, 2.75) is 18.6 Å². The van der Waals surface area contributed by atoms with E-state index >= 15 is 0 Å². The van der Waals surface area contributed by atoms with Crippen LogP contribution >= 0.6 is 0 Å². The maximum atomic E-state index is 13.3. The van der Waals surface area contributed by atoms with Gasteiger partial charge in [0.05, 0.1) is 11.7 Å². The third kappa shape index (κ3) is 4.90. The highest BCUT2D eigenvalue weighted by molar-refractivity contribution is 7.88. The van der Waals surface area contributed by atoms with E-state index in [4.69, 9.17) is 0 Å². The summed E-state index contributed by atoms with van der Waals surface area (Å²) in [5.74, 6) is -3.89. The van der Waals surface area contributed by atoms with Crippen LogP contribution < -0.4 is 5.32 Å². The Hall–Kier alpha value is -2.39. The molecule has 1 heterocycles. The Balaban J connectivity index is 1.66. The molecular formula is C19H19F3N2O3S. The maximum absolute atomic E-state index is 13.3. The normalized spacial score (nSPS) is 18.0. The predicted molar refractivity (Wildman–Crippen MR) is 98.3 cm³/mol. The van der Waals surface area contributed by atoms with Crippen molar-refractivity contribution in [1.82, 2.24) is 4.31 Å². The van der Waals surface area contributed by atoms with Crippen molar-refractivity contribution in [2.24, 2.45) is 5.92 Å². The van der Waals surface area contributed by atoms with Crippen LogP contribution in [-0.2, 0) is 20.6 Å². The lowest BCUT2D eigenvalue weighted by Crippen LogP contribution is -2.44. The summed E-state index contributed by atoms with van der Waals surface area (Å²) in [5.41, 5.74) is 0.560. The third-order valence-electron chi connectivity index (χ3n) is 4.60. The summed E-state index contributed by atoms with van der Waals surface area (Å²) in [7, 11) is -3.68. The lowest BCUT2D eigenvalue weighted by Gasteiger charge is -2.31. The molecule has 1 N–H and O–H groups in total. The summed E-state index contributed by atoms with van der Waals surface area (Å²) >= 11 is 0. The molecule has 1 amide bonds. The Morgan fingerprint density at radius 1 is 1.07 bits per heavy atom. The summed E-state index contributed by atoms with van der Waals surface area (Å²) in [6, 6.07) is 8.22. The highest BCUT2D eigenvalue weighted by Crippen LogP contribution is 2.23. The minimum Gasteiger partial charge on any atom is -0.326 e. The van der Waals surface area contributed by atoms with Crippen LogP contribution in [0.3, 0.4) is 0 Å². The van der Waals surface area contributed by atoms with E-state index in [0.717, 1.165) is 12.1 Å². The van der Waals surface area contributed by atoms with Crippen LogP contribution in [0.4, 0.5) is 18.9 Å². The smallest absolute Gasteiger partial charge is 0.228 e. The van der Waals surface area contributed by atoms with Gasteiger partial charge >= 0.3 is 0 Å². The van der Waals surface area contributed by atoms with Crippen LogP contribution in [0.15, 0.2) is 42.5 Å². The zero-order valence-corrected chi connectivity index (χ0v) is 15.7. The number of piperidine rings is 1. The maximum Gasteiger partial charge on any atom is 0.228 e. The van der Waals surface area contributed by atoms with Gasteiger partial charge in [-0.25, -0.2) is 25.9 Å². The molecule has 9 heteroatoms. The van der Waals surface area contributed by atoms with Gasteiger partial charge in [0.2, 0.25) is 15.9 Å². The van der Waals surface area contributed by atoms with Crippen molar-refractivity contribution in [3.05, 3.63) is 65.5 Å². The molecule has 0 saturated carbocycles. The van der Waals surface area contributed by atoms with Crippen molar-refractivity contribution in [3.8, 4) is 0 Å². The van der Waals surface area contributed by atoms with Crippen LogP contribution in [0.25, 0.3) is 0 Å². The van der Waals surface area contributed by atoms with Crippen LogP contribution in [0.2, 0.25) is 0 Å². The fourth-order valence-electron chi connectivity index (χ4n) is 3.11. The molecule has 0 aromatic heterocycles. The molecule has 0 spiro atoms. The molecule has 1 fully saturated rings. The first kappa shape index (κ1) is 20.3. The Bertz CT molecular complexity index is 965. The number of amides is 1. The van der Waals surface area contributed by atoms with Gasteiger partial charge in [-0.1, -0.05) is 12.1 Å². The molecule has 2 aromatic carbocycles. The number of nitrogens with zero attached hydrogens (tertiary/aromatic N) is 1. The molecule has 1 aliphatic rings. The lowest BCUT2D eigenvalue weighted by atomic mass is 9.98. The first-order valence-electron chi connectivity index (χ1n) is 8.73. The number of sulfonamides is 1. The first-order chi connectivity index (χ1) is 13.2. The van der Waals surface area contributed by atoms with Gasteiger partial charge < -0.3 is 5.32 Å². The zero-order valence-electron chi connectivity index (χ0n) is 14.9. The van der Waals surface area contributed by atoms with Crippen LogP contribution in [0.1, 0.15) is 18.4 Å². The third-order valence-corrected chi connectivity index (χ3v) is 6.41. The fourth-order valence-corrected chi connectivity index (χ4v) is 4.72. The van der Waals surface area contributed by atoms with Gasteiger partial charge in [0.25, 0.3) is 0 Å². The summed E-state index contributed by atoms with van der Waals surface area (Å²) < 4.78 is 65.8. The van der Waals surface area contributed by atoms with Crippen molar-refractivity contribution >= 4 is 21.6 Å². The Labute approximate surface area is 161 Å². The summed E-state index contributed by atoms with van der Waals surface area (Å²) in [6.07, 6.45) is 0.983. The number of carbonyl (C=O) groups is 1. The van der Waals surface area contributed by atoms with E-state index in [1.54, 1.807) is 0 Å². The van der Waals surface area contributed by atoms with Gasteiger partial charge in [0, 0.05) is 24.8 Å². The Morgan fingerprint density at radius 2 is 1.79 bits per heavy atom. The van der Waals surface area contributed by atoms with Crippen molar-refractivity contribution in [3.63, 3.8) is 0 Å². The summed E-state index contributed by atoms with van der Waals surface area (Å²) in [4.78, 5) is 12.4. The molecule has 2 aromatic rings. The Kier molecular flexibility index (Phi) is 6.04. The molecule has 1 atom stereocenters. The van der Waals surface area contributed by atoms with Gasteiger partial charge in [-0.05, 0) is 42.7 Å². The fraction of sp³-hybridized carbons (Fsp3) is 0.316. The van der Waals surface area contributed by atoms with E-state index in [0.29, 0.717) is 24.9 Å². The van der Waals surface area contributed by atoms with Gasteiger partial charge in [-0.15, -0.1) is 0 Å². The van der Waals surface area contributed by atoms with Gasteiger partial charge in [-0.3, -0.25) is 4.79 Å². The molecule has 150 valence electrons. The minimum atomic E-state index is -3.68. The standard InChI is InChI=1S/C19H19F3N2O3S/c20-15-5-3-13(4-6-15)12-28(26,27)24-9-1-2-14(11-24)19(25)23-16-7-8-17(21)18(22)10-16/h3-8,10,14H,1-2,9,11-12H2,(H,23,25).